The molecule has 1 aliphatic rings. The number of hydrogen-bond acceptors (Lipinski definition) is 2. The number of amides is 2. The van der Waals surface area contributed by atoms with E-state index in [9.17, 15) is 9.59 Å². The van der Waals surface area contributed by atoms with E-state index >= 15 is 0 Å². The van der Waals surface area contributed by atoms with Crippen molar-refractivity contribution in [1.29, 1.82) is 0 Å². The first-order chi connectivity index (χ1) is 12.1. The molecule has 4 heteroatoms. The second kappa shape index (κ2) is 7.51. The van der Waals surface area contributed by atoms with Crippen LogP contribution in [0, 0.1) is 12.8 Å². The fraction of sp³-hybridized carbons (Fsp3) is 0.333. The van der Waals surface area contributed by atoms with E-state index in [1.807, 2.05) is 36.4 Å². The van der Waals surface area contributed by atoms with Crippen LogP contribution in [0.15, 0.2) is 54.6 Å². The number of carbonyl (C=O) groups is 2. The molecule has 25 heavy (non-hydrogen) atoms. The Hall–Kier alpha value is -2.62. The fourth-order valence-electron chi connectivity index (χ4n) is 3.26. The third kappa shape index (κ3) is 4.27. The molecule has 3 rings (SSSR count). The Morgan fingerprint density at radius 2 is 1.88 bits per heavy atom. The van der Waals surface area contributed by atoms with Gasteiger partial charge in [0.2, 0.25) is 11.8 Å². The molecule has 1 saturated carbocycles. The van der Waals surface area contributed by atoms with Gasteiger partial charge in [-0.2, -0.15) is 0 Å². The van der Waals surface area contributed by atoms with E-state index in [0.29, 0.717) is 0 Å². The molecule has 1 unspecified atom stereocenters. The van der Waals surface area contributed by atoms with Crippen LogP contribution >= 0.6 is 0 Å². The smallest absolute Gasteiger partial charge is 0.224 e. The first kappa shape index (κ1) is 17.2. The van der Waals surface area contributed by atoms with Crippen LogP contribution in [-0.4, -0.2) is 18.9 Å². The molecule has 0 spiro atoms. The predicted octanol–water partition coefficient (Wildman–Crippen LogP) is 3.09. The van der Waals surface area contributed by atoms with Gasteiger partial charge in [0.25, 0.3) is 0 Å². The van der Waals surface area contributed by atoms with Gasteiger partial charge in [-0.05, 0) is 30.4 Å². The van der Waals surface area contributed by atoms with E-state index in [2.05, 4.69) is 35.8 Å². The van der Waals surface area contributed by atoms with Crippen molar-refractivity contribution in [2.45, 2.75) is 31.7 Å². The first-order valence-electron chi connectivity index (χ1n) is 8.71. The maximum Gasteiger partial charge on any atom is 0.224 e. The molecule has 2 aromatic rings. The lowest BCUT2D eigenvalue weighted by Crippen LogP contribution is -2.33. The molecule has 2 N–H and O–H groups in total. The fourth-order valence-corrected chi connectivity index (χ4v) is 3.26. The van der Waals surface area contributed by atoms with Crippen molar-refractivity contribution in [1.82, 2.24) is 10.6 Å². The third-order valence-corrected chi connectivity index (χ3v) is 4.78. The normalized spacial score (nSPS) is 19.8. The van der Waals surface area contributed by atoms with Crippen molar-refractivity contribution in [3.05, 3.63) is 71.3 Å². The summed E-state index contributed by atoms with van der Waals surface area (Å²) in [5, 5.41) is 5.71. The predicted molar refractivity (Wildman–Crippen MR) is 98.0 cm³/mol. The summed E-state index contributed by atoms with van der Waals surface area (Å²) in [6.45, 7) is 2.07. The lowest BCUT2D eigenvalue weighted by Gasteiger charge is -2.18. The summed E-state index contributed by atoms with van der Waals surface area (Å²) < 4.78 is 0. The SMILES string of the molecule is CNC(=O)CC(NC(=O)[C@@H]1C[C@H]1c1cccc(C)c1)c1ccccc1. The van der Waals surface area contributed by atoms with Crippen molar-refractivity contribution in [2.24, 2.45) is 5.92 Å². The first-order valence-corrected chi connectivity index (χ1v) is 8.71. The van der Waals surface area contributed by atoms with Crippen LogP contribution < -0.4 is 10.6 Å². The number of benzene rings is 2. The molecule has 0 bridgehead atoms. The van der Waals surface area contributed by atoms with Crippen LogP contribution in [0.1, 0.15) is 41.5 Å². The molecule has 0 radical (unpaired) electrons. The van der Waals surface area contributed by atoms with Gasteiger partial charge in [0.05, 0.1) is 12.5 Å². The molecule has 2 aromatic carbocycles. The summed E-state index contributed by atoms with van der Waals surface area (Å²) in [4.78, 5) is 24.5. The maximum absolute atomic E-state index is 12.7. The zero-order valence-electron chi connectivity index (χ0n) is 14.7. The van der Waals surface area contributed by atoms with Crippen molar-refractivity contribution in [3.63, 3.8) is 0 Å². The Balaban J connectivity index is 1.68. The highest BCUT2D eigenvalue weighted by atomic mass is 16.2. The topological polar surface area (TPSA) is 58.2 Å². The summed E-state index contributed by atoms with van der Waals surface area (Å²) in [6.07, 6.45) is 1.12. The largest absolute Gasteiger partial charge is 0.359 e. The summed E-state index contributed by atoms with van der Waals surface area (Å²) in [5.41, 5.74) is 3.39. The summed E-state index contributed by atoms with van der Waals surface area (Å²) in [5.74, 6) is 0.235. The molecule has 0 heterocycles. The van der Waals surface area contributed by atoms with Gasteiger partial charge in [-0.25, -0.2) is 0 Å². The number of rotatable bonds is 6. The Kier molecular flexibility index (Phi) is 5.17. The van der Waals surface area contributed by atoms with Crippen molar-refractivity contribution in [2.75, 3.05) is 7.05 Å². The van der Waals surface area contributed by atoms with Crippen LogP contribution in [-0.2, 0) is 9.59 Å². The molecule has 1 aliphatic carbocycles. The van der Waals surface area contributed by atoms with Crippen LogP contribution in [0.2, 0.25) is 0 Å². The van der Waals surface area contributed by atoms with Gasteiger partial charge in [0.1, 0.15) is 0 Å². The Morgan fingerprint density at radius 3 is 2.56 bits per heavy atom. The van der Waals surface area contributed by atoms with Crippen LogP contribution in [0.3, 0.4) is 0 Å². The lowest BCUT2D eigenvalue weighted by molar-refractivity contribution is -0.124. The summed E-state index contributed by atoms with van der Waals surface area (Å²) in [6, 6.07) is 17.7. The second-order valence-corrected chi connectivity index (χ2v) is 6.71. The quantitative estimate of drug-likeness (QED) is 0.852. The van der Waals surface area contributed by atoms with Crippen molar-refractivity contribution < 1.29 is 9.59 Å². The maximum atomic E-state index is 12.7. The van der Waals surface area contributed by atoms with E-state index in [1.54, 1.807) is 7.05 Å². The molecule has 2 amide bonds. The van der Waals surface area contributed by atoms with E-state index in [4.69, 9.17) is 0 Å². The average Bonchev–Trinajstić information content (AvgIpc) is 3.42. The molecule has 1 fully saturated rings. The monoisotopic (exact) mass is 336 g/mol. The second-order valence-electron chi connectivity index (χ2n) is 6.71. The van der Waals surface area contributed by atoms with E-state index in [1.165, 1.54) is 11.1 Å². The van der Waals surface area contributed by atoms with E-state index in [-0.39, 0.29) is 36.1 Å². The number of nitrogens with one attached hydrogen (secondary N) is 2. The molecule has 0 aromatic heterocycles. The highest BCUT2D eigenvalue weighted by molar-refractivity contribution is 5.84. The van der Waals surface area contributed by atoms with Gasteiger partial charge in [-0.3, -0.25) is 9.59 Å². The average molecular weight is 336 g/mol. The minimum atomic E-state index is -0.299. The standard InChI is InChI=1S/C21H24N2O2/c1-14-7-6-10-16(11-14)17-12-18(17)21(25)23-19(13-20(24)22-2)15-8-4-3-5-9-15/h3-11,17-19H,12-13H2,1-2H3,(H,22,24)(H,23,25)/t17-,18+,19?/m0/s1. The molecule has 0 aliphatic heterocycles. The Labute approximate surface area is 148 Å². The van der Waals surface area contributed by atoms with E-state index in [0.717, 1.165) is 12.0 Å². The molecule has 0 saturated heterocycles. The molecular formula is C21H24N2O2. The number of carbonyl (C=O) groups excluding carboxylic acids is 2. The number of hydrogen-bond donors (Lipinski definition) is 2. The van der Waals surface area contributed by atoms with Crippen molar-refractivity contribution in [3.8, 4) is 0 Å². The zero-order chi connectivity index (χ0) is 17.8. The highest BCUT2D eigenvalue weighted by Crippen LogP contribution is 2.48. The van der Waals surface area contributed by atoms with Gasteiger partial charge in [-0.15, -0.1) is 0 Å². The lowest BCUT2D eigenvalue weighted by atomic mass is 10.0. The molecule has 3 atom stereocenters. The summed E-state index contributed by atoms with van der Waals surface area (Å²) in [7, 11) is 1.61. The van der Waals surface area contributed by atoms with Gasteiger partial charge < -0.3 is 10.6 Å². The highest BCUT2D eigenvalue weighted by Gasteiger charge is 2.44. The van der Waals surface area contributed by atoms with Gasteiger partial charge >= 0.3 is 0 Å². The van der Waals surface area contributed by atoms with Gasteiger partial charge in [-0.1, -0.05) is 60.2 Å². The zero-order valence-corrected chi connectivity index (χ0v) is 14.7. The van der Waals surface area contributed by atoms with Crippen LogP contribution in [0.5, 0.6) is 0 Å². The van der Waals surface area contributed by atoms with Crippen LogP contribution in [0.4, 0.5) is 0 Å². The minimum absolute atomic E-state index is 0.00213. The third-order valence-electron chi connectivity index (χ3n) is 4.78. The number of aryl methyl sites for hydroxylation is 1. The van der Waals surface area contributed by atoms with E-state index < -0.39 is 0 Å². The van der Waals surface area contributed by atoms with Crippen LogP contribution in [0.25, 0.3) is 0 Å². The van der Waals surface area contributed by atoms with Gasteiger partial charge in [0, 0.05) is 13.0 Å². The molecule has 130 valence electrons. The van der Waals surface area contributed by atoms with Crippen molar-refractivity contribution >= 4 is 11.8 Å². The molecular weight excluding hydrogens is 312 g/mol. The minimum Gasteiger partial charge on any atom is -0.359 e. The van der Waals surface area contributed by atoms with Gasteiger partial charge in [0.15, 0.2) is 0 Å². The summed E-state index contributed by atoms with van der Waals surface area (Å²) >= 11 is 0. The molecule has 4 nitrogen and oxygen atoms in total. The Morgan fingerprint density at radius 1 is 1.12 bits per heavy atom. The Bertz CT molecular complexity index is 758.